The van der Waals surface area contributed by atoms with Gasteiger partial charge < -0.3 is 10.6 Å². The molecule has 0 saturated carbocycles. The molecule has 0 spiro atoms. The van der Waals surface area contributed by atoms with Crippen LogP contribution in [0.1, 0.15) is 25.2 Å². The molecule has 1 aromatic heterocycles. The van der Waals surface area contributed by atoms with Crippen molar-refractivity contribution in [3.05, 3.63) is 72.1 Å². The van der Waals surface area contributed by atoms with E-state index in [-0.39, 0.29) is 23.9 Å². The van der Waals surface area contributed by atoms with Crippen LogP contribution in [-0.2, 0) is 11.3 Å². The van der Waals surface area contributed by atoms with Crippen molar-refractivity contribution in [1.29, 1.82) is 0 Å². The first kappa shape index (κ1) is 23.5. The zero-order valence-electron chi connectivity index (χ0n) is 20.5. The third kappa shape index (κ3) is 5.52. The summed E-state index contributed by atoms with van der Waals surface area (Å²) in [5.74, 6) is 1.68. The Morgan fingerprint density at radius 2 is 1.86 bits per heavy atom. The van der Waals surface area contributed by atoms with Crippen LogP contribution in [0.25, 0.3) is 17.0 Å². The molecule has 182 valence electrons. The highest BCUT2D eigenvalue weighted by molar-refractivity contribution is 5.92. The highest BCUT2D eigenvalue weighted by Gasteiger charge is 2.31. The van der Waals surface area contributed by atoms with E-state index < -0.39 is 0 Å². The molecule has 2 bridgehead atoms. The smallest absolute Gasteiger partial charge is 0.242 e. The van der Waals surface area contributed by atoms with Gasteiger partial charge in [-0.15, -0.1) is 0 Å². The topological polar surface area (TPSA) is 73.4 Å². The number of nitrogens with zero attached hydrogens (tertiary/aromatic N) is 4. The number of rotatable bonds is 4. The van der Waals surface area contributed by atoms with Gasteiger partial charge in [0.25, 0.3) is 0 Å². The second-order valence-electron chi connectivity index (χ2n) is 9.81. The molecule has 5 rings (SSSR count). The molecular formula is C28H34N6O. The molecule has 2 aliphatic rings. The average molecular weight is 471 g/mol. The quantitative estimate of drug-likeness (QED) is 0.609. The van der Waals surface area contributed by atoms with Crippen molar-refractivity contribution in [3.63, 3.8) is 0 Å². The molecule has 7 heteroatoms. The Morgan fingerprint density at radius 1 is 1.06 bits per heavy atom. The Labute approximate surface area is 207 Å². The average Bonchev–Trinajstić information content (AvgIpc) is 2.88. The molecule has 35 heavy (non-hydrogen) atoms. The number of benzene rings is 2. The van der Waals surface area contributed by atoms with Crippen molar-refractivity contribution < 1.29 is 4.79 Å². The lowest BCUT2D eigenvalue weighted by molar-refractivity contribution is -0.123. The summed E-state index contributed by atoms with van der Waals surface area (Å²) in [6.45, 7) is 9.06. The van der Waals surface area contributed by atoms with Crippen LogP contribution in [0.15, 0.2) is 60.7 Å². The molecule has 1 unspecified atom stereocenters. The lowest BCUT2D eigenvalue weighted by Crippen LogP contribution is -2.57. The van der Waals surface area contributed by atoms with Gasteiger partial charge in [0.05, 0.1) is 12.1 Å². The van der Waals surface area contributed by atoms with Crippen LogP contribution in [-0.4, -0.2) is 70.5 Å². The van der Waals surface area contributed by atoms with E-state index in [9.17, 15) is 4.79 Å². The number of hydrogen-bond acceptors (Lipinski definition) is 6. The van der Waals surface area contributed by atoms with E-state index in [4.69, 9.17) is 9.97 Å². The fraction of sp³-hybridized carbons (Fsp3) is 0.393. The molecule has 1 fully saturated rings. The van der Waals surface area contributed by atoms with E-state index in [0.717, 1.165) is 48.7 Å². The normalized spacial score (nSPS) is 22.0. The number of fused-ring (bicyclic) bond motifs is 5. The molecule has 2 aromatic carbocycles. The number of aromatic nitrogens is 2. The molecule has 3 aromatic rings. The number of hydrogen-bond donors (Lipinski definition) is 2. The van der Waals surface area contributed by atoms with Crippen molar-refractivity contribution in [2.24, 2.45) is 5.92 Å². The molecule has 1 amide bonds. The first-order chi connectivity index (χ1) is 17.1. The summed E-state index contributed by atoms with van der Waals surface area (Å²) in [6, 6.07) is 18.2. The van der Waals surface area contributed by atoms with Crippen molar-refractivity contribution in [3.8, 4) is 0 Å². The predicted octanol–water partition coefficient (Wildman–Crippen LogP) is 3.40. The maximum absolute atomic E-state index is 13.2. The molecule has 0 aliphatic carbocycles. The maximum Gasteiger partial charge on any atom is 0.242 e. The number of carbonyl (C=O) groups excluding carboxylic acids is 1. The van der Waals surface area contributed by atoms with Gasteiger partial charge >= 0.3 is 0 Å². The van der Waals surface area contributed by atoms with Crippen LogP contribution in [0.5, 0.6) is 0 Å². The zero-order chi connectivity index (χ0) is 24.2. The van der Waals surface area contributed by atoms with E-state index in [0.29, 0.717) is 13.1 Å². The van der Waals surface area contributed by atoms with Gasteiger partial charge in [-0.3, -0.25) is 14.6 Å². The van der Waals surface area contributed by atoms with Crippen LogP contribution in [0.4, 0.5) is 5.82 Å². The maximum atomic E-state index is 13.2. The van der Waals surface area contributed by atoms with E-state index in [1.165, 1.54) is 5.56 Å². The molecule has 3 heterocycles. The molecule has 1 saturated heterocycles. The number of nitrogens with one attached hydrogen (secondary N) is 2. The number of anilines is 1. The highest BCUT2D eigenvalue weighted by Crippen LogP contribution is 2.24. The van der Waals surface area contributed by atoms with Gasteiger partial charge in [-0.2, -0.15) is 0 Å². The van der Waals surface area contributed by atoms with Gasteiger partial charge in [-0.1, -0.05) is 68.5 Å². The second kappa shape index (κ2) is 10.5. The van der Waals surface area contributed by atoms with E-state index >= 15 is 0 Å². The lowest BCUT2D eigenvalue weighted by atomic mass is 10.0. The Kier molecular flexibility index (Phi) is 7.06. The molecule has 2 atom stereocenters. The molecule has 7 nitrogen and oxygen atoms in total. The van der Waals surface area contributed by atoms with Crippen molar-refractivity contribution in [1.82, 2.24) is 25.1 Å². The standard InChI is InChI=1S/C28H34N6O/c1-20(2)26-28(35)29-17-22-18-33(14-8-11-21-9-4-3-5-10-21)15-16-34(22)19-25-30-24-13-7-6-12-23(24)27(31-25)32-26/h3-13,20,22,26H,14-19H2,1-2H3,(H,29,35)(H,30,31,32)/b11-8+/t22?,26-/m0/s1. The SMILES string of the molecule is CC(C)[C@@H]1Nc2nc(nc3ccccc23)CN2CCN(C/C=C/c3ccccc3)CC2CNC1=O. The van der Waals surface area contributed by atoms with Crippen molar-refractivity contribution >= 4 is 28.7 Å². The molecule has 2 aliphatic heterocycles. The summed E-state index contributed by atoms with van der Waals surface area (Å²) < 4.78 is 0. The number of piperazine rings is 1. The van der Waals surface area contributed by atoms with Crippen molar-refractivity contribution in [2.75, 3.05) is 38.0 Å². The van der Waals surface area contributed by atoms with Crippen LogP contribution in [0.2, 0.25) is 0 Å². The van der Waals surface area contributed by atoms with E-state index in [1.807, 2.05) is 30.3 Å². The Hall–Kier alpha value is -3.29. The number of amides is 1. The minimum absolute atomic E-state index is 0.0205. The van der Waals surface area contributed by atoms with Gasteiger partial charge in [-0.05, 0) is 23.6 Å². The van der Waals surface area contributed by atoms with Gasteiger partial charge in [0.15, 0.2) is 0 Å². The van der Waals surface area contributed by atoms with E-state index in [2.05, 4.69) is 70.7 Å². The molecular weight excluding hydrogens is 436 g/mol. The first-order valence-corrected chi connectivity index (χ1v) is 12.5. The van der Waals surface area contributed by atoms with Crippen LogP contribution in [0, 0.1) is 5.92 Å². The third-order valence-electron chi connectivity index (χ3n) is 6.91. The highest BCUT2D eigenvalue weighted by atomic mass is 16.2. The lowest BCUT2D eigenvalue weighted by Gasteiger charge is -2.41. The Balaban J connectivity index is 1.38. The second-order valence-corrected chi connectivity index (χ2v) is 9.81. The van der Waals surface area contributed by atoms with Gasteiger partial charge in [0.1, 0.15) is 17.7 Å². The zero-order valence-corrected chi connectivity index (χ0v) is 20.5. The van der Waals surface area contributed by atoms with Gasteiger partial charge in [0, 0.05) is 44.2 Å². The van der Waals surface area contributed by atoms with Crippen molar-refractivity contribution in [2.45, 2.75) is 32.5 Å². The first-order valence-electron chi connectivity index (χ1n) is 12.5. The Morgan fingerprint density at radius 3 is 2.69 bits per heavy atom. The predicted molar refractivity (Wildman–Crippen MR) is 141 cm³/mol. The number of carbonyl (C=O) groups is 1. The summed E-state index contributed by atoms with van der Waals surface area (Å²) in [6.07, 6.45) is 4.40. The fourth-order valence-electron chi connectivity index (χ4n) is 4.92. The van der Waals surface area contributed by atoms with Crippen LogP contribution < -0.4 is 10.6 Å². The number of para-hydroxylation sites is 1. The monoisotopic (exact) mass is 470 g/mol. The molecule has 2 N–H and O–H groups in total. The summed E-state index contributed by atoms with van der Waals surface area (Å²) in [7, 11) is 0. The van der Waals surface area contributed by atoms with Crippen LogP contribution >= 0.6 is 0 Å². The van der Waals surface area contributed by atoms with Crippen LogP contribution in [0.3, 0.4) is 0 Å². The minimum atomic E-state index is -0.360. The van der Waals surface area contributed by atoms with Gasteiger partial charge in [-0.25, -0.2) is 9.97 Å². The fourth-order valence-corrected chi connectivity index (χ4v) is 4.92. The summed E-state index contributed by atoms with van der Waals surface area (Å²) in [4.78, 5) is 27.9. The minimum Gasteiger partial charge on any atom is -0.358 e. The Bertz CT molecular complexity index is 1190. The van der Waals surface area contributed by atoms with Gasteiger partial charge in [0.2, 0.25) is 5.91 Å². The summed E-state index contributed by atoms with van der Waals surface area (Å²) in [5.41, 5.74) is 2.12. The summed E-state index contributed by atoms with van der Waals surface area (Å²) in [5, 5.41) is 7.62. The summed E-state index contributed by atoms with van der Waals surface area (Å²) >= 11 is 0. The molecule has 0 radical (unpaired) electrons. The largest absolute Gasteiger partial charge is 0.358 e. The third-order valence-corrected chi connectivity index (χ3v) is 6.91. The van der Waals surface area contributed by atoms with E-state index in [1.54, 1.807) is 0 Å².